The molecule has 0 amide bonds. The molecule has 9 heteroatoms. The van der Waals surface area contributed by atoms with Gasteiger partial charge in [0.25, 0.3) is 0 Å². The third-order valence-corrected chi connectivity index (χ3v) is 4.65. The number of aliphatic imine (C=N–C) groups is 1. The SMILES string of the molecule is CCNC(=NCc1ccc(OCCO)c(OC)c1)N1CCC(C(=O)OC)CC1.I. The second-order valence-corrected chi connectivity index (χ2v) is 6.51. The summed E-state index contributed by atoms with van der Waals surface area (Å²) in [5.41, 5.74) is 0.994. The number of hydrogen-bond donors (Lipinski definition) is 2. The molecule has 29 heavy (non-hydrogen) atoms. The van der Waals surface area contributed by atoms with Crippen LogP contribution in [0.2, 0.25) is 0 Å². The minimum Gasteiger partial charge on any atom is -0.493 e. The number of benzene rings is 1. The molecule has 1 heterocycles. The molecule has 1 saturated heterocycles. The van der Waals surface area contributed by atoms with Gasteiger partial charge in [0.15, 0.2) is 17.5 Å². The molecule has 0 bridgehead atoms. The van der Waals surface area contributed by atoms with E-state index in [0.29, 0.717) is 18.0 Å². The summed E-state index contributed by atoms with van der Waals surface area (Å²) >= 11 is 0. The average Bonchev–Trinajstić information content (AvgIpc) is 2.75. The Morgan fingerprint density at radius 3 is 2.59 bits per heavy atom. The number of ether oxygens (including phenoxy) is 3. The highest BCUT2D eigenvalue weighted by Crippen LogP contribution is 2.28. The summed E-state index contributed by atoms with van der Waals surface area (Å²) in [6.45, 7) is 5.01. The molecule has 0 aliphatic carbocycles. The van der Waals surface area contributed by atoms with Crippen LogP contribution < -0.4 is 14.8 Å². The molecule has 164 valence electrons. The van der Waals surface area contributed by atoms with Crippen LogP contribution in [0.25, 0.3) is 0 Å². The van der Waals surface area contributed by atoms with E-state index in [2.05, 4.69) is 10.2 Å². The van der Waals surface area contributed by atoms with E-state index in [-0.39, 0.29) is 49.1 Å². The van der Waals surface area contributed by atoms with Crippen molar-refractivity contribution in [2.45, 2.75) is 26.3 Å². The van der Waals surface area contributed by atoms with Crippen LogP contribution in [0.3, 0.4) is 0 Å². The summed E-state index contributed by atoms with van der Waals surface area (Å²) < 4.78 is 15.7. The molecule has 2 rings (SSSR count). The summed E-state index contributed by atoms with van der Waals surface area (Å²) in [7, 11) is 3.03. The van der Waals surface area contributed by atoms with Crippen LogP contribution in [0.15, 0.2) is 23.2 Å². The lowest BCUT2D eigenvalue weighted by molar-refractivity contribution is -0.146. The normalized spacial score (nSPS) is 14.8. The van der Waals surface area contributed by atoms with Crippen molar-refractivity contribution in [3.63, 3.8) is 0 Å². The fraction of sp³-hybridized carbons (Fsp3) is 0.600. The van der Waals surface area contributed by atoms with Crippen molar-refractivity contribution in [3.05, 3.63) is 23.8 Å². The van der Waals surface area contributed by atoms with E-state index in [1.807, 2.05) is 25.1 Å². The zero-order chi connectivity index (χ0) is 20.4. The van der Waals surface area contributed by atoms with Crippen LogP contribution in [-0.2, 0) is 16.1 Å². The van der Waals surface area contributed by atoms with Crippen LogP contribution >= 0.6 is 24.0 Å². The van der Waals surface area contributed by atoms with Gasteiger partial charge in [0.2, 0.25) is 0 Å². The highest BCUT2D eigenvalue weighted by molar-refractivity contribution is 14.0. The third-order valence-electron chi connectivity index (χ3n) is 4.65. The molecule has 2 N–H and O–H groups in total. The number of guanidine groups is 1. The van der Waals surface area contributed by atoms with Gasteiger partial charge >= 0.3 is 5.97 Å². The van der Waals surface area contributed by atoms with E-state index < -0.39 is 0 Å². The van der Waals surface area contributed by atoms with Gasteiger partial charge in [0, 0.05) is 19.6 Å². The number of rotatable bonds is 8. The Balaban J connectivity index is 0.00000420. The van der Waals surface area contributed by atoms with Crippen LogP contribution in [0.4, 0.5) is 0 Å². The zero-order valence-electron chi connectivity index (χ0n) is 17.3. The maximum absolute atomic E-state index is 11.7. The van der Waals surface area contributed by atoms with E-state index >= 15 is 0 Å². The van der Waals surface area contributed by atoms with Gasteiger partial charge in [-0.2, -0.15) is 0 Å². The lowest BCUT2D eigenvalue weighted by Gasteiger charge is -2.33. The number of carbonyl (C=O) groups is 1. The van der Waals surface area contributed by atoms with Crippen molar-refractivity contribution in [2.24, 2.45) is 10.9 Å². The summed E-state index contributed by atoms with van der Waals surface area (Å²) in [5, 5.41) is 12.2. The molecule has 0 spiro atoms. The number of methoxy groups -OCH3 is 2. The van der Waals surface area contributed by atoms with E-state index in [0.717, 1.165) is 44.0 Å². The smallest absolute Gasteiger partial charge is 0.308 e. The molecule has 1 fully saturated rings. The van der Waals surface area contributed by atoms with Gasteiger partial charge in [-0.1, -0.05) is 6.07 Å². The van der Waals surface area contributed by atoms with Crippen LogP contribution in [0.5, 0.6) is 11.5 Å². The van der Waals surface area contributed by atoms with E-state index in [4.69, 9.17) is 24.3 Å². The fourth-order valence-electron chi connectivity index (χ4n) is 3.17. The van der Waals surface area contributed by atoms with Gasteiger partial charge in [-0.05, 0) is 37.5 Å². The molecule has 0 atom stereocenters. The number of piperidine rings is 1. The van der Waals surface area contributed by atoms with Crippen molar-refractivity contribution in [3.8, 4) is 11.5 Å². The van der Waals surface area contributed by atoms with Crippen LogP contribution in [0.1, 0.15) is 25.3 Å². The van der Waals surface area contributed by atoms with E-state index in [9.17, 15) is 4.79 Å². The monoisotopic (exact) mass is 521 g/mol. The number of aliphatic hydroxyl groups is 1. The van der Waals surface area contributed by atoms with Crippen LogP contribution in [-0.4, -0.2) is 69.0 Å². The van der Waals surface area contributed by atoms with Crippen molar-refractivity contribution in [1.82, 2.24) is 10.2 Å². The number of nitrogens with zero attached hydrogens (tertiary/aromatic N) is 2. The Labute approximate surface area is 189 Å². The van der Waals surface area contributed by atoms with Crippen molar-refractivity contribution < 1.29 is 24.1 Å². The quantitative estimate of drug-likeness (QED) is 0.234. The molecule has 1 aromatic carbocycles. The van der Waals surface area contributed by atoms with Gasteiger partial charge in [-0.15, -0.1) is 24.0 Å². The maximum Gasteiger partial charge on any atom is 0.308 e. The molecule has 1 aliphatic rings. The number of halogens is 1. The van der Waals surface area contributed by atoms with Gasteiger partial charge in [-0.25, -0.2) is 4.99 Å². The Kier molecular flexibility index (Phi) is 11.7. The van der Waals surface area contributed by atoms with Gasteiger partial charge in [0.05, 0.1) is 33.3 Å². The molecule has 0 aromatic heterocycles. The van der Waals surface area contributed by atoms with Crippen LogP contribution in [0, 0.1) is 5.92 Å². The van der Waals surface area contributed by atoms with Gasteiger partial charge < -0.3 is 29.5 Å². The molecule has 0 unspecified atom stereocenters. The Morgan fingerprint density at radius 2 is 2.00 bits per heavy atom. The molecule has 0 radical (unpaired) electrons. The highest BCUT2D eigenvalue weighted by atomic mass is 127. The predicted octanol–water partition coefficient (Wildman–Crippen LogP) is 2.03. The first kappa shape index (κ1) is 25.3. The number of nitrogens with one attached hydrogen (secondary N) is 1. The topological polar surface area (TPSA) is 92.6 Å². The number of carbonyl (C=O) groups excluding carboxylic acids is 1. The predicted molar refractivity (Wildman–Crippen MR) is 122 cm³/mol. The third kappa shape index (κ3) is 7.54. The second-order valence-electron chi connectivity index (χ2n) is 6.51. The number of esters is 1. The molecular weight excluding hydrogens is 489 g/mol. The molecule has 8 nitrogen and oxygen atoms in total. The minimum absolute atomic E-state index is 0. The maximum atomic E-state index is 11.7. The van der Waals surface area contributed by atoms with Crippen molar-refractivity contribution >= 4 is 35.9 Å². The summed E-state index contributed by atoms with van der Waals surface area (Å²) in [4.78, 5) is 18.6. The Hall–Kier alpha value is -1.75. The van der Waals surface area contributed by atoms with E-state index in [1.165, 1.54) is 7.11 Å². The Bertz CT molecular complexity index is 664. The number of likely N-dealkylation sites (tertiary alicyclic amines) is 1. The van der Waals surface area contributed by atoms with Crippen molar-refractivity contribution in [1.29, 1.82) is 0 Å². The first-order valence-electron chi connectivity index (χ1n) is 9.64. The lowest BCUT2D eigenvalue weighted by atomic mass is 9.97. The number of hydrogen-bond acceptors (Lipinski definition) is 6. The summed E-state index contributed by atoms with van der Waals surface area (Å²) in [6, 6.07) is 5.66. The zero-order valence-corrected chi connectivity index (χ0v) is 19.7. The summed E-state index contributed by atoms with van der Waals surface area (Å²) in [6.07, 6.45) is 1.53. The molecule has 0 saturated carbocycles. The first-order chi connectivity index (χ1) is 13.6. The lowest BCUT2D eigenvalue weighted by Crippen LogP contribution is -2.46. The number of aliphatic hydroxyl groups excluding tert-OH is 1. The van der Waals surface area contributed by atoms with Crippen molar-refractivity contribution in [2.75, 3.05) is 47.1 Å². The largest absolute Gasteiger partial charge is 0.493 e. The fourth-order valence-corrected chi connectivity index (χ4v) is 3.17. The standard InChI is InChI=1S/C20H31N3O5.HI/c1-4-21-20(23-9-7-16(8-10-23)19(25)27-3)22-14-15-5-6-17(28-12-11-24)18(13-15)26-2;/h5-6,13,16,24H,4,7-12,14H2,1-3H3,(H,21,22);1H. The highest BCUT2D eigenvalue weighted by Gasteiger charge is 2.26. The van der Waals surface area contributed by atoms with E-state index in [1.54, 1.807) is 7.11 Å². The minimum atomic E-state index is -0.128. The summed E-state index contributed by atoms with van der Waals surface area (Å²) in [5.74, 6) is 1.90. The second kappa shape index (κ2) is 13.5. The molecule has 1 aromatic rings. The molecule has 1 aliphatic heterocycles. The average molecular weight is 521 g/mol. The van der Waals surface area contributed by atoms with Gasteiger partial charge in [-0.3, -0.25) is 4.79 Å². The van der Waals surface area contributed by atoms with Gasteiger partial charge in [0.1, 0.15) is 6.61 Å². The Morgan fingerprint density at radius 1 is 1.28 bits per heavy atom. The molecular formula is C20H32IN3O5. The first-order valence-corrected chi connectivity index (χ1v) is 9.64.